The maximum absolute atomic E-state index is 12.3. The summed E-state index contributed by atoms with van der Waals surface area (Å²) in [5.74, 6) is 0.734. The quantitative estimate of drug-likeness (QED) is 0.441. The van der Waals surface area contributed by atoms with Crippen LogP contribution in [0.2, 0.25) is 0 Å². The number of nitrogens with one attached hydrogen (secondary N) is 1. The zero-order valence-corrected chi connectivity index (χ0v) is 14.9. The highest BCUT2D eigenvalue weighted by Gasteiger charge is 2.22. The third-order valence-corrected chi connectivity index (χ3v) is 5.22. The fourth-order valence-electron chi connectivity index (χ4n) is 2.34. The van der Waals surface area contributed by atoms with Gasteiger partial charge in [-0.05, 0) is 44.0 Å². The minimum absolute atomic E-state index is 0.0821. The van der Waals surface area contributed by atoms with E-state index >= 15 is 0 Å². The Hall–Kier alpha value is -2.45. The molecule has 0 atom stereocenters. The summed E-state index contributed by atoms with van der Waals surface area (Å²) >= 11 is 0. The van der Waals surface area contributed by atoms with Gasteiger partial charge in [0.1, 0.15) is 5.75 Å². The molecule has 0 saturated carbocycles. The lowest BCUT2D eigenvalue weighted by atomic mass is 10.2. The van der Waals surface area contributed by atoms with E-state index in [0.29, 0.717) is 13.0 Å². The van der Waals surface area contributed by atoms with E-state index in [1.165, 1.54) is 25.1 Å². The number of ether oxygens (including phenoxy) is 1. The molecule has 8 heteroatoms. The van der Waals surface area contributed by atoms with Crippen LogP contribution in [-0.4, -0.2) is 26.5 Å². The lowest BCUT2D eigenvalue weighted by Gasteiger charge is -2.10. The van der Waals surface area contributed by atoms with E-state index in [4.69, 9.17) is 4.74 Å². The first-order chi connectivity index (χ1) is 11.8. The van der Waals surface area contributed by atoms with Gasteiger partial charge in [0.2, 0.25) is 10.0 Å². The summed E-state index contributed by atoms with van der Waals surface area (Å²) in [6, 6.07) is 11.6. The Bertz CT molecular complexity index is 865. The Labute approximate surface area is 146 Å². The largest absolute Gasteiger partial charge is 0.494 e. The number of hydrogen-bond donors (Lipinski definition) is 1. The Morgan fingerprint density at radius 1 is 1.16 bits per heavy atom. The van der Waals surface area contributed by atoms with Gasteiger partial charge in [-0.2, -0.15) is 0 Å². The second-order valence-electron chi connectivity index (χ2n) is 5.57. The fraction of sp³-hybridized carbons (Fsp3) is 0.294. The van der Waals surface area contributed by atoms with Gasteiger partial charge in [-0.3, -0.25) is 10.1 Å². The van der Waals surface area contributed by atoms with Crippen molar-refractivity contribution in [3.05, 3.63) is 63.7 Å². The molecule has 1 N–H and O–H groups in total. The molecule has 0 amide bonds. The van der Waals surface area contributed by atoms with Crippen LogP contribution in [0.5, 0.6) is 5.75 Å². The van der Waals surface area contributed by atoms with Crippen molar-refractivity contribution in [1.82, 2.24) is 4.72 Å². The first-order valence-electron chi connectivity index (χ1n) is 7.74. The van der Waals surface area contributed by atoms with Gasteiger partial charge >= 0.3 is 0 Å². The van der Waals surface area contributed by atoms with Crippen LogP contribution in [0.15, 0.2) is 47.4 Å². The van der Waals surface area contributed by atoms with Crippen molar-refractivity contribution < 1.29 is 18.1 Å². The predicted octanol–water partition coefficient (Wildman–Crippen LogP) is 2.96. The Morgan fingerprint density at radius 3 is 2.56 bits per heavy atom. The number of hydrogen-bond acceptors (Lipinski definition) is 5. The summed E-state index contributed by atoms with van der Waals surface area (Å²) in [4.78, 5) is 10.3. The van der Waals surface area contributed by atoms with Crippen molar-refractivity contribution in [2.24, 2.45) is 0 Å². The molecule has 7 nitrogen and oxygen atoms in total. The van der Waals surface area contributed by atoms with Crippen LogP contribution in [0.4, 0.5) is 5.69 Å². The van der Waals surface area contributed by atoms with Crippen LogP contribution in [0.25, 0.3) is 0 Å². The predicted molar refractivity (Wildman–Crippen MR) is 94.3 cm³/mol. The molecule has 0 heterocycles. The SMILES string of the molecule is Cc1cccc(OCCCNS(=O)(=O)c2cccc([N+](=O)[O-])c2C)c1. The second kappa shape index (κ2) is 8.09. The van der Waals surface area contributed by atoms with Gasteiger partial charge in [0.25, 0.3) is 5.69 Å². The van der Waals surface area contributed by atoms with E-state index in [0.717, 1.165) is 11.3 Å². The molecule has 0 saturated heterocycles. The topological polar surface area (TPSA) is 98.5 Å². The molecule has 0 fully saturated rings. The van der Waals surface area contributed by atoms with Crippen molar-refractivity contribution in [1.29, 1.82) is 0 Å². The summed E-state index contributed by atoms with van der Waals surface area (Å²) in [7, 11) is -3.81. The monoisotopic (exact) mass is 364 g/mol. The Balaban J connectivity index is 1.92. The molecule has 2 rings (SSSR count). The first kappa shape index (κ1) is 18.9. The number of rotatable bonds is 8. The van der Waals surface area contributed by atoms with Crippen molar-refractivity contribution in [3.63, 3.8) is 0 Å². The fourth-order valence-corrected chi connectivity index (χ4v) is 3.68. The zero-order valence-electron chi connectivity index (χ0n) is 14.1. The van der Waals surface area contributed by atoms with Gasteiger partial charge in [-0.1, -0.05) is 18.2 Å². The van der Waals surface area contributed by atoms with Crippen LogP contribution in [0.3, 0.4) is 0 Å². The van der Waals surface area contributed by atoms with Crippen LogP contribution in [0, 0.1) is 24.0 Å². The molecule has 0 spiro atoms. The van der Waals surface area contributed by atoms with Gasteiger partial charge in [0, 0.05) is 18.2 Å². The van der Waals surface area contributed by atoms with Gasteiger partial charge < -0.3 is 4.74 Å². The summed E-state index contributed by atoms with van der Waals surface area (Å²) in [6.07, 6.45) is 0.473. The molecule has 2 aromatic rings. The molecule has 25 heavy (non-hydrogen) atoms. The average molecular weight is 364 g/mol. The van der Waals surface area contributed by atoms with E-state index in [1.54, 1.807) is 0 Å². The van der Waals surface area contributed by atoms with E-state index in [1.807, 2.05) is 31.2 Å². The van der Waals surface area contributed by atoms with Crippen LogP contribution >= 0.6 is 0 Å². The average Bonchev–Trinajstić information content (AvgIpc) is 2.54. The van der Waals surface area contributed by atoms with E-state index < -0.39 is 14.9 Å². The van der Waals surface area contributed by atoms with Crippen LogP contribution in [0.1, 0.15) is 17.5 Å². The number of nitro benzene ring substituents is 1. The lowest BCUT2D eigenvalue weighted by Crippen LogP contribution is -2.26. The number of nitro groups is 1. The van der Waals surface area contributed by atoms with E-state index in [-0.39, 0.29) is 22.7 Å². The minimum atomic E-state index is -3.81. The highest BCUT2D eigenvalue weighted by atomic mass is 32.2. The van der Waals surface area contributed by atoms with Gasteiger partial charge in [0.15, 0.2) is 0 Å². The summed E-state index contributed by atoms with van der Waals surface area (Å²) in [5, 5.41) is 10.9. The third kappa shape index (κ3) is 5.01. The number of sulfonamides is 1. The van der Waals surface area contributed by atoms with E-state index in [2.05, 4.69) is 4.72 Å². The highest BCUT2D eigenvalue weighted by Crippen LogP contribution is 2.24. The highest BCUT2D eigenvalue weighted by molar-refractivity contribution is 7.89. The van der Waals surface area contributed by atoms with Crippen molar-refractivity contribution >= 4 is 15.7 Å². The molecule has 0 aromatic heterocycles. The summed E-state index contributed by atoms with van der Waals surface area (Å²) in [5.41, 5.74) is 0.987. The number of benzene rings is 2. The van der Waals surface area contributed by atoms with Crippen molar-refractivity contribution in [2.45, 2.75) is 25.2 Å². The molecule has 2 aromatic carbocycles. The van der Waals surface area contributed by atoms with Gasteiger partial charge in [-0.25, -0.2) is 13.1 Å². The van der Waals surface area contributed by atoms with E-state index in [9.17, 15) is 18.5 Å². The lowest BCUT2D eigenvalue weighted by molar-refractivity contribution is -0.385. The molecule has 0 aliphatic heterocycles. The maximum atomic E-state index is 12.3. The first-order valence-corrected chi connectivity index (χ1v) is 9.23. The molecular formula is C17H20N2O5S. The van der Waals surface area contributed by atoms with Crippen LogP contribution in [-0.2, 0) is 10.0 Å². The van der Waals surface area contributed by atoms with Crippen molar-refractivity contribution in [3.8, 4) is 5.75 Å². The molecule has 0 unspecified atom stereocenters. The second-order valence-corrected chi connectivity index (χ2v) is 7.31. The minimum Gasteiger partial charge on any atom is -0.494 e. The molecule has 0 aliphatic carbocycles. The standard InChI is InChI=1S/C17H20N2O5S/c1-13-6-3-7-15(12-13)24-11-5-10-18-25(22,23)17-9-4-8-16(14(17)2)19(20)21/h3-4,6-9,12,18H,5,10-11H2,1-2H3. The zero-order chi connectivity index (χ0) is 18.4. The molecular weight excluding hydrogens is 344 g/mol. The molecule has 0 bridgehead atoms. The van der Waals surface area contributed by atoms with Gasteiger partial charge in [0.05, 0.1) is 16.4 Å². The normalized spacial score (nSPS) is 11.3. The van der Waals surface area contributed by atoms with Crippen LogP contribution < -0.4 is 9.46 Å². The van der Waals surface area contributed by atoms with Gasteiger partial charge in [-0.15, -0.1) is 0 Å². The molecule has 0 aliphatic rings. The molecule has 134 valence electrons. The number of aryl methyl sites for hydroxylation is 1. The summed E-state index contributed by atoms with van der Waals surface area (Å²) in [6.45, 7) is 3.92. The third-order valence-electron chi connectivity index (χ3n) is 3.61. The van der Waals surface area contributed by atoms with Crippen molar-refractivity contribution in [2.75, 3.05) is 13.2 Å². The Morgan fingerprint density at radius 2 is 1.88 bits per heavy atom. The summed E-state index contributed by atoms with van der Waals surface area (Å²) < 4.78 is 32.7. The molecule has 0 radical (unpaired) electrons. The number of nitrogens with zero attached hydrogens (tertiary/aromatic N) is 1. The maximum Gasteiger partial charge on any atom is 0.273 e. The smallest absolute Gasteiger partial charge is 0.273 e. The Kier molecular flexibility index (Phi) is 6.11.